The molecule has 0 fully saturated rings. The lowest BCUT2D eigenvalue weighted by molar-refractivity contribution is 0.228. The lowest BCUT2D eigenvalue weighted by Crippen LogP contribution is -2.07. The second-order valence-corrected chi connectivity index (χ2v) is 7.31. The fraction of sp³-hybridized carbons (Fsp3) is 0.200. The summed E-state index contributed by atoms with van der Waals surface area (Å²) in [4.78, 5) is 8.81. The Morgan fingerprint density at radius 1 is 1.07 bits per heavy atom. The predicted molar refractivity (Wildman–Crippen MR) is 108 cm³/mol. The summed E-state index contributed by atoms with van der Waals surface area (Å²) in [6.45, 7) is 3.53. The number of nitrogens with one attached hydrogen (secondary N) is 1. The standard InChI is InChI=1S/C20H18Cl2N4O/c1-11(16-6-15(21)2-3-17(16)22)27-19-5-13(9-26-20(19)23)12-4-14-7-24-10-18(14)25-8-12/h2-6,8-9,11,24H,7,10H2,1H3,(H2,23,26)/t11-/m1/s1. The molecule has 0 amide bonds. The lowest BCUT2D eigenvalue weighted by Gasteiger charge is -2.18. The van der Waals surface area contributed by atoms with Gasteiger partial charge in [0.15, 0.2) is 11.6 Å². The first kappa shape index (κ1) is 18.0. The number of ether oxygens (including phenoxy) is 1. The molecule has 1 aromatic carbocycles. The zero-order valence-corrected chi connectivity index (χ0v) is 16.2. The molecule has 3 aromatic rings. The SMILES string of the molecule is C[C@@H](Oc1cc(-c2cnc3c(c2)CNC3)cnc1N)c1cc(Cl)ccc1Cl. The van der Waals surface area contributed by atoms with Crippen molar-refractivity contribution in [1.82, 2.24) is 15.3 Å². The Labute approximate surface area is 167 Å². The average Bonchev–Trinajstić information content (AvgIpc) is 3.13. The number of aromatic nitrogens is 2. The van der Waals surface area contributed by atoms with Crippen LogP contribution in [0.4, 0.5) is 5.82 Å². The number of hydrogen-bond donors (Lipinski definition) is 2. The molecule has 0 unspecified atom stereocenters. The molecule has 1 aliphatic rings. The second-order valence-electron chi connectivity index (χ2n) is 6.47. The third-order valence-corrected chi connectivity index (χ3v) is 5.16. The molecule has 27 heavy (non-hydrogen) atoms. The molecule has 0 spiro atoms. The number of halogens is 2. The summed E-state index contributed by atoms with van der Waals surface area (Å²) < 4.78 is 6.06. The molecule has 0 saturated carbocycles. The van der Waals surface area contributed by atoms with E-state index in [0.29, 0.717) is 21.6 Å². The first-order valence-electron chi connectivity index (χ1n) is 8.57. The normalized spacial score (nSPS) is 14.0. The van der Waals surface area contributed by atoms with Crippen LogP contribution in [0.2, 0.25) is 10.0 Å². The summed E-state index contributed by atoms with van der Waals surface area (Å²) in [5, 5.41) is 4.48. The van der Waals surface area contributed by atoms with E-state index in [0.717, 1.165) is 35.5 Å². The number of rotatable bonds is 4. The third-order valence-electron chi connectivity index (χ3n) is 4.58. The van der Waals surface area contributed by atoms with Crippen molar-refractivity contribution in [2.45, 2.75) is 26.1 Å². The topological polar surface area (TPSA) is 73.1 Å². The minimum atomic E-state index is -0.335. The number of fused-ring (bicyclic) bond motifs is 1. The number of nitrogen functional groups attached to an aromatic ring is 1. The van der Waals surface area contributed by atoms with E-state index in [2.05, 4.69) is 21.4 Å². The van der Waals surface area contributed by atoms with Gasteiger partial charge in [0.1, 0.15) is 6.10 Å². The van der Waals surface area contributed by atoms with Crippen molar-refractivity contribution in [3.8, 4) is 16.9 Å². The number of benzene rings is 1. The van der Waals surface area contributed by atoms with E-state index in [9.17, 15) is 0 Å². The fourth-order valence-corrected chi connectivity index (χ4v) is 3.56. The number of nitrogens with zero attached hydrogens (tertiary/aromatic N) is 2. The van der Waals surface area contributed by atoms with Crippen LogP contribution in [-0.2, 0) is 13.1 Å². The molecular weight excluding hydrogens is 383 g/mol. The van der Waals surface area contributed by atoms with E-state index >= 15 is 0 Å². The third kappa shape index (κ3) is 3.72. The van der Waals surface area contributed by atoms with Gasteiger partial charge >= 0.3 is 0 Å². The number of hydrogen-bond acceptors (Lipinski definition) is 5. The Morgan fingerprint density at radius 3 is 2.70 bits per heavy atom. The van der Waals surface area contributed by atoms with Gasteiger partial charge in [-0.3, -0.25) is 4.98 Å². The van der Waals surface area contributed by atoms with Crippen molar-refractivity contribution < 1.29 is 4.74 Å². The smallest absolute Gasteiger partial charge is 0.166 e. The van der Waals surface area contributed by atoms with Crippen LogP contribution in [0.1, 0.15) is 29.8 Å². The molecule has 1 atom stereocenters. The molecule has 3 heterocycles. The summed E-state index contributed by atoms with van der Waals surface area (Å²) in [6.07, 6.45) is 3.24. The van der Waals surface area contributed by atoms with E-state index in [4.69, 9.17) is 33.7 Å². The number of pyridine rings is 2. The minimum absolute atomic E-state index is 0.319. The summed E-state index contributed by atoms with van der Waals surface area (Å²) in [6, 6.07) is 9.28. The maximum absolute atomic E-state index is 6.28. The summed E-state index contributed by atoms with van der Waals surface area (Å²) in [7, 11) is 0. The van der Waals surface area contributed by atoms with Crippen LogP contribution >= 0.6 is 23.2 Å². The molecule has 1 aliphatic heterocycles. The Bertz CT molecular complexity index is 1010. The van der Waals surface area contributed by atoms with Crippen LogP contribution in [0, 0.1) is 0 Å². The van der Waals surface area contributed by atoms with Gasteiger partial charge in [0.25, 0.3) is 0 Å². The first-order chi connectivity index (χ1) is 13.0. The summed E-state index contributed by atoms with van der Waals surface area (Å²) >= 11 is 12.4. The second kappa shape index (κ2) is 7.35. The van der Waals surface area contributed by atoms with Crippen LogP contribution in [0.3, 0.4) is 0 Å². The van der Waals surface area contributed by atoms with Crippen LogP contribution < -0.4 is 15.8 Å². The predicted octanol–water partition coefficient (Wildman–Crippen LogP) is 4.78. The Balaban J connectivity index is 1.64. The van der Waals surface area contributed by atoms with Gasteiger partial charge in [-0.2, -0.15) is 0 Å². The fourth-order valence-electron chi connectivity index (χ4n) is 3.11. The van der Waals surface area contributed by atoms with Gasteiger partial charge in [-0.05, 0) is 42.8 Å². The highest BCUT2D eigenvalue weighted by atomic mass is 35.5. The summed E-state index contributed by atoms with van der Waals surface area (Å²) in [5.74, 6) is 0.814. The van der Waals surface area contributed by atoms with Gasteiger partial charge in [0.05, 0.1) is 5.69 Å². The monoisotopic (exact) mass is 400 g/mol. The van der Waals surface area contributed by atoms with Gasteiger partial charge in [0, 0.05) is 52.2 Å². The molecule has 3 N–H and O–H groups in total. The van der Waals surface area contributed by atoms with Crippen molar-refractivity contribution in [3.05, 3.63) is 69.6 Å². The van der Waals surface area contributed by atoms with Gasteiger partial charge in [0.2, 0.25) is 0 Å². The van der Waals surface area contributed by atoms with Crippen LogP contribution in [0.25, 0.3) is 11.1 Å². The molecule has 0 bridgehead atoms. The molecular formula is C20H18Cl2N4O. The maximum atomic E-state index is 6.28. The van der Waals surface area contributed by atoms with E-state index in [1.165, 1.54) is 5.56 Å². The van der Waals surface area contributed by atoms with Crippen molar-refractivity contribution in [1.29, 1.82) is 0 Å². The quantitative estimate of drug-likeness (QED) is 0.659. The summed E-state index contributed by atoms with van der Waals surface area (Å²) in [5.41, 5.74) is 11.0. The van der Waals surface area contributed by atoms with Crippen LogP contribution in [0.15, 0.2) is 42.7 Å². The largest absolute Gasteiger partial charge is 0.482 e. The van der Waals surface area contributed by atoms with Gasteiger partial charge < -0.3 is 15.8 Å². The highest BCUT2D eigenvalue weighted by Crippen LogP contribution is 2.34. The van der Waals surface area contributed by atoms with Crippen molar-refractivity contribution in [2.24, 2.45) is 0 Å². The van der Waals surface area contributed by atoms with E-state index in [1.807, 2.05) is 19.2 Å². The molecule has 4 rings (SSSR count). The Morgan fingerprint density at radius 2 is 1.85 bits per heavy atom. The lowest BCUT2D eigenvalue weighted by atomic mass is 10.1. The van der Waals surface area contributed by atoms with Crippen LogP contribution in [0.5, 0.6) is 5.75 Å². The van der Waals surface area contributed by atoms with E-state index < -0.39 is 0 Å². The average molecular weight is 401 g/mol. The number of nitrogens with two attached hydrogens (primary N) is 1. The highest BCUT2D eigenvalue weighted by molar-refractivity contribution is 6.33. The van der Waals surface area contributed by atoms with E-state index in [1.54, 1.807) is 24.4 Å². The highest BCUT2D eigenvalue weighted by Gasteiger charge is 2.16. The maximum Gasteiger partial charge on any atom is 0.166 e. The molecule has 138 valence electrons. The first-order valence-corrected chi connectivity index (χ1v) is 9.33. The molecule has 7 heteroatoms. The molecule has 5 nitrogen and oxygen atoms in total. The Kier molecular flexibility index (Phi) is 4.91. The van der Waals surface area contributed by atoms with Gasteiger partial charge in [-0.1, -0.05) is 23.2 Å². The van der Waals surface area contributed by atoms with Crippen molar-refractivity contribution in [2.75, 3.05) is 5.73 Å². The van der Waals surface area contributed by atoms with Crippen molar-refractivity contribution in [3.63, 3.8) is 0 Å². The number of anilines is 1. The minimum Gasteiger partial charge on any atom is -0.482 e. The molecule has 0 radical (unpaired) electrons. The molecule has 2 aromatic heterocycles. The van der Waals surface area contributed by atoms with E-state index in [-0.39, 0.29) is 6.10 Å². The molecule has 0 aliphatic carbocycles. The Hall–Kier alpha value is -2.34. The zero-order chi connectivity index (χ0) is 19.0. The van der Waals surface area contributed by atoms with Gasteiger partial charge in [-0.25, -0.2) is 4.98 Å². The molecule has 0 saturated heterocycles. The van der Waals surface area contributed by atoms with Crippen LogP contribution in [-0.4, -0.2) is 9.97 Å². The zero-order valence-electron chi connectivity index (χ0n) is 14.7. The van der Waals surface area contributed by atoms with Crippen molar-refractivity contribution >= 4 is 29.0 Å². The van der Waals surface area contributed by atoms with Gasteiger partial charge in [-0.15, -0.1) is 0 Å².